The minimum absolute atomic E-state index is 0.586. The Hall–Kier alpha value is -0.590. The number of rotatable bonds is 4. The molecular weight excluding hydrogens is 146 g/mol. The third-order valence-electron chi connectivity index (χ3n) is 2.07. The molecule has 1 nitrogen and oxygen atoms in total. The number of aliphatic imine (C=N–C) groups is 1. The smallest absolute Gasteiger partial charge is 0.0277 e. The normalized spacial score (nSPS) is 16.0. The molecule has 0 rings (SSSR count). The van der Waals surface area contributed by atoms with E-state index in [0.29, 0.717) is 11.8 Å². The topological polar surface area (TPSA) is 12.4 Å². The third kappa shape index (κ3) is 4.32. The summed E-state index contributed by atoms with van der Waals surface area (Å²) in [5.41, 5.74) is 1.35. The highest BCUT2D eigenvalue weighted by atomic mass is 14.6. The van der Waals surface area contributed by atoms with Gasteiger partial charge in [-0.05, 0) is 17.4 Å². The maximum absolute atomic E-state index is 4.05. The van der Waals surface area contributed by atoms with Crippen LogP contribution in [0.5, 0.6) is 0 Å². The molecule has 0 aromatic rings. The molecule has 0 N–H and O–H groups in total. The van der Waals surface area contributed by atoms with Crippen LogP contribution in [0.1, 0.15) is 34.1 Å². The van der Waals surface area contributed by atoms with Crippen molar-refractivity contribution in [2.75, 3.05) is 7.05 Å². The van der Waals surface area contributed by atoms with Crippen molar-refractivity contribution in [1.29, 1.82) is 0 Å². The Morgan fingerprint density at radius 3 is 2.25 bits per heavy atom. The first-order valence-corrected chi connectivity index (χ1v) is 4.75. The predicted octanol–water partition coefficient (Wildman–Crippen LogP) is 3.32. The fraction of sp³-hybridized carbons (Fsp3) is 0.727. The van der Waals surface area contributed by atoms with Gasteiger partial charge in [0.05, 0.1) is 0 Å². The van der Waals surface area contributed by atoms with Crippen LogP contribution >= 0.6 is 0 Å². The second-order valence-corrected chi connectivity index (χ2v) is 3.59. The van der Waals surface area contributed by atoms with Crippen LogP contribution in [0.15, 0.2) is 16.6 Å². The van der Waals surface area contributed by atoms with E-state index in [-0.39, 0.29) is 0 Å². The standard InChI is InChI=1S/C11H21N/c1-6-10(4)7-11(8-12-5)9(2)3/h7-10H,6H2,1-5H3/b11-7+,12-8?. The highest BCUT2D eigenvalue weighted by Gasteiger charge is 2.01. The highest BCUT2D eigenvalue weighted by molar-refractivity contribution is 5.78. The summed E-state index contributed by atoms with van der Waals surface area (Å²) >= 11 is 0. The minimum atomic E-state index is 0.586. The summed E-state index contributed by atoms with van der Waals surface area (Å²) in [7, 11) is 1.83. The molecule has 1 heteroatoms. The van der Waals surface area contributed by atoms with E-state index in [9.17, 15) is 0 Å². The number of hydrogen-bond donors (Lipinski definition) is 0. The van der Waals surface area contributed by atoms with Crippen LogP contribution in [0.4, 0.5) is 0 Å². The Balaban J connectivity index is 4.38. The van der Waals surface area contributed by atoms with Gasteiger partial charge in [0, 0.05) is 13.3 Å². The van der Waals surface area contributed by atoms with Crippen LogP contribution in [0.2, 0.25) is 0 Å². The molecule has 0 saturated carbocycles. The van der Waals surface area contributed by atoms with Gasteiger partial charge in [-0.2, -0.15) is 0 Å². The van der Waals surface area contributed by atoms with Crippen molar-refractivity contribution in [1.82, 2.24) is 0 Å². The summed E-state index contributed by atoms with van der Waals surface area (Å²) in [5.74, 6) is 1.25. The van der Waals surface area contributed by atoms with E-state index >= 15 is 0 Å². The zero-order valence-corrected chi connectivity index (χ0v) is 8.96. The number of allylic oxidation sites excluding steroid dienone is 2. The lowest BCUT2D eigenvalue weighted by Crippen LogP contribution is -1.99. The molecule has 12 heavy (non-hydrogen) atoms. The summed E-state index contributed by atoms with van der Waals surface area (Å²) < 4.78 is 0. The van der Waals surface area contributed by atoms with Crippen molar-refractivity contribution in [3.05, 3.63) is 11.6 Å². The molecule has 0 radical (unpaired) electrons. The van der Waals surface area contributed by atoms with E-state index in [1.165, 1.54) is 12.0 Å². The zero-order valence-electron chi connectivity index (χ0n) is 8.96. The average Bonchev–Trinajstić information content (AvgIpc) is 2.03. The van der Waals surface area contributed by atoms with Gasteiger partial charge in [-0.15, -0.1) is 0 Å². The number of nitrogens with zero attached hydrogens (tertiary/aromatic N) is 1. The van der Waals surface area contributed by atoms with E-state index in [2.05, 4.69) is 38.8 Å². The minimum Gasteiger partial charge on any atom is -0.296 e. The van der Waals surface area contributed by atoms with Crippen molar-refractivity contribution in [3.63, 3.8) is 0 Å². The largest absolute Gasteiger partial charge is 0.296 e. The van der Waals surface area contributed by atoms with Crippen molar-refractivity contribution in [2.45, 2.75) is 34.1 Å². The second kappa shape index (κ2) is 5.99. The maximum atomic E-state index is 4.05. The summed E-state index contributed by atoms with van der Waals surface area (Å²) in [6.45, 7) is 8.86. The van der Waals surface area contributed by atoms with Gasteiger partial charge in [0.25, 0.3) is 0 Å². The monoisotopic (exact) mass is 167 g/mol. The predicted molar refractivity (Wildman–Crippen MR) is 56.8 cm³/mol. The Morgan fingerprint density at radius 2 is 1.92 bits per heavy atom. The van der Waals surface area contributed by atoms with Crippen LogP contribution in [0.3, 0.4) is 0 Å². The summed E-state index contributed by atoms with van der Waals surface area (Å²) in [5, 5.41) is 0. The van der Waals surface area contributed by atoms with Gasteiger partial charge in [0.15, 0.2) is 0 Å². The van der Waals surface area contributed by atoms with E-state index in [4.69, 9.17) is 0 Å². The maximum Gasteiger partial charge on any atom is 0.0277 e. The summed E-state index contributed by atoms with van der Waals surface area (Å²) in [6.07, 6.45) is 5.49. The first kappa shape index (κ1) is 11.4. The van der Waals surface area contributed by atoms with Crippen molar-refractivity contribution in [3.8, 4) is 0 Å². The Labute approximate surface area is 76.6 Å². The van der Waals surface area contributed by atoms with Gasteiger partial charge in [-0.1, -0.05) is 40.2 Å². The van der Waals surface area contributed by atoms with Crippen LogP contribution < -0.4 is 0 Å². The molecule has 0 fully saturated rings. The first-order chi connectivity index (χ1) is 5.61. The Kier molecular flexibility index (Phi) is 5.69. The van der Waals surface area contributed by atoms with Gasteiger partial charge in [0.2, 0.25) is 0 Å². The molecule has 0 aromatic heterocycles. The lowest BCUT2D eigenvalue weighted by molar-refractivity contribution is 0.679. The van der Waals surface area contributed by atoms with Crippen molar-refractivity contribution < 1.29 is 0 Å². The molecule has 0 bridgehead atoms. The molecule has 0 heterocycles. The molecule has 0 aliphatic rings. The van der Waals surface area contributed by atoms with Gasteiger partial charge in [0.1, 0.15) is 0 Å². The fourth-order valence-corrected chi connectivity index (χ4v) is 0.980. The zero-order chi connectivity index (χ0) is 9.56. The molecule has 0 aliphatic heterocycles. The van der Waals surface area contributed by atoms with E-state index in [1.54, 1.807) is 0 Å². The van der Waals surface area contributed by atoms with Gasteiger partial charge in [-0.25, -0.2) is 0 Å². The molecule has 0 spiro atoms. The molecule has 1 unspecified atom stereocenters. The van der Waals surface area contributed by atoms with E-state index in [1.807, 2.05) is 13.3 Å². The lowest BCUT2D eigenvalue weighted by atomic mass is 9.98. The molecule has 0 saturated heterocycles. The SMILES string of the molecule is CCC(C)/C=C(\C=NC)C(C)C. The van der Waals surface area contributed by atoms with E-state index < -0.39 is 0 Å². The second-order valence-electron chi connectivity index (χ2n) is 3.59. The molecule has 0 aliphatic carbocycles. The Morgan fingerprint density at radius 1 is 1.33 bits per heavy atom. The van der Waals surface area contributed by atoms with Crippen LogP contribution in [-0.4, -0.2) is 13.3 Å². The third-order valence-corrected chi connectivity index (χ3v) is 2.07. The van der Waals surface area contributed by atoms with Gasteiger partial charge >= 0.3 is 0 Å². The molecule has 0 aromatic carbocycles. The fourth-order valence-electron chi connectivity index (χ4n) is 0.980. The van der Waals surface area contributed by atoms with E-state index in [0.717, 1.165) is 0 Å². The summed E-state index contributed by atoms with van der Waals surface area (Å²) in [6, 6.07) is 0. The molecule has 0 amide bonds. The van der Waals surface area contributed by atoms with Crippen LogP contribution in [0.25, 0.3) is 0 Å². The average molecular weight is 167 g/mol. The molecule has 1 atom stereocenters. The molecule has 70 valence electrons. The summed E-state index contributed by atoms with van der Waals surface area (Å²) in [4.78, 5) is 4.05. The lowest BCUT2D eigenvalue weighted by Gasteiger charge is -2.08. The van der Waals surface area contributed by atoms with Crippen molar-refractivity contribution >= 4 is 6.21 Å². The van der Waals surface area contributed by atoms with Crippen LogP contribution in [-0.2, 0) is 0 Å². The Bertz CT molecular complexity index is 166. The van der Waals surface area contributed by atoms with Crippen molar-refractivity contribution in [2.24, 2.45) is 16.8 Å². The van der Waals surface area contributed by atoms with Gasteiger partial charge in [-0.3, -0.25) is 4.99 Å². The quantitative estimate of drug-likeness (QED) is 0.570. The van der Waals surface area contributed by atoms with Crippen LogP contribution in [0, 0.1) is 11.8 Å². The number of hydrogen-bond acceptors (Lipinski definition) is 1. The van der Waals surface area contributed by atoms with Gasteiger partial charge < -0.3 is 0 Å². The first-order valence-electron chi connectivity index (χ1n) is 4.75. The molecular formula is C11H21N. The highest BCUT2D eigenvalue weighted by Crippen LogP contribution is 2.12.